The van der Waals surface area contributed by atoms with Gasteiger partial charge in [-0.05, 0) is 28.2 Å². The third kappa shape index (κ3) is 5.03. The van der Waals surface area contributed by atoms with E-state index < -0.39 is 24.5 Å². The predicted molar refractivity (Wildman–Crippen MR) is 130 cm³/mol. The van der Waals surface area contributed by atoms with Gasteiger partial charge in [-0.3, -0.25) is 19.6 Å². The monoisotopic (exact) mass is 476 g/mol. The molecule has 1 heterocycles. The number of carbonyl (C=O) groups excluding carboxylic acids is 2. The average molecular weight is 477 g/mol. The molecule has 0 saturated heterocycles. The van der Waals surface area contributed by atoms with Crippen LogP contribution < -0.4 is 5.32 Å². The number of hydrogen-bond acceptors (Lipinski definition) is 5. The van der Waals surface area contributed by atoms with Gasteiger partial charge in [0.2, 0.25) is 0 Å². The summed E-state index contributed by atoms with van der Waals surface area (Å²) in [5.74, 6) is -1.53. The Bertz CT molecular complexity index is 1220. The highest BCUT2D eigenvalue weighted by Gasteiger charge is 2.30. The minimum absolute atomic E-state index is 0.0634. The summed E-state index contributed by atoms with van der Waals surface area (Å²) in [6.45, 7) is 3.71. The first-order valence-electron chi connectivity index (χ1n) is 11.4. The molecule has 0 saturated carbocycles. The second kappa shape index (κ2) is 10.0. The van der Waals surface area contributed by atoms with Gasteiger partial charge in [0.25, 0.3) is 5.91 Å². The van der Waals surface area contributed by atoms with Crippen LogP contribution >= 0.6 is 0 Å². The summed E-state index contributed by atoms with van der Waals surface area (Å²) in [5.41, 5.74) is 4.54. The highest BCUT2D eigenvalue weighted by Crippen LogP contribution is 2.44. The largest absolute Gasteiger partial charge is 0.480 e. The van der Waals surface area contributed by atoms with Crippen LogP contribution in [0.1, 0.15) is 41.3 Å². The van der Waals surface area contributed by atoms with Crippen molar-refractivity contribution in [2.75, 3.05) is 25.0 Å². The van der Waals surface area contributed by atoms with Crippen molar-refractivity contribution in [3.05, 3.63) is 71.4 Å². The SMILES string of the molecule is CC(C)CN(CC(=O)O)C(=O)c1cnn(C)c1NC(=O)OCC1c2ccccc2-c2ccccc21. The lowest BCUT2D eigenvalue weighted by Gasteiger charge is -2.22. The maximum absolute atomic E-state index is 13.1. The summed E-state index contributed by atoms with van der Waals surface area (Å²) in [6, 6.07) is 16.1. The van der Waals surface area contributed by atoms with Gasteiger partial charge >= 0.3 is 12.1 Å². The summed E-state index contributed by atoms with van der Waals surface area (Å²) in [4.78, 5) is 38.3. The quantitative estimate of drug-likeness (QED) is 0.509. The van der Waals surface area contributed by atoms with E-state index in [0.717, 1.165) is 22.3 Å². The molecule has 0 bridgehead atoms. The average Bonchev–Trinajstić information content (AvgIpc) is 3.34. The molecule has 182 valence electrons. The van der Waals surface area contributed by atoms with Gasteiger partial charge < -0.3 is 14.7 Å². The van der Waals surface area contributed by atoms with E-state index in [4.69, 9.17) is 4.74 Å². The summed E-state index contributed by atoms with van der Waals surface area (Å²) >= 11 is 0. The number of carboxylic acid groups (broad SMARTS) is 1. The zero-order chi connectivity index (χ0) is 25.1. The number of amides is 2. The smallest absolute Gasteiger partial charge is 0.412 e. The van der Waals surface area contributed by atoms with E-state index in [0.29, 0.717) is 0 Å². The Hall–Kier alpha value is -4.14. The van der Waals surface area contributed by atoms with Gasteiger partial charge in [-0.1, -0.05) is 62.4 Å². The molecule has 2 aromatic carbocycles. The first-order chi connectivity index (χ1) is 16.8. The summed E-state index contributed by atoms with van der Waals surface area (Å²) < 4.78 is 6.93. The van der Waals surface area contributed by atoms with Crippen LogP contribution in [-0.2, 0) is 16.6 Å². The molecule has 0 fully saturated rings. The number of carboxylic acids is 1. The molecule has 1 aromatic heterocycles. The zero-order valence-corrected chi connectivity index (χ0v) is 19.9. The lowest BCUT2D eigenvalue weighted by Crippen LogP contribution is -2.38. The van der Waals surface area contributed by atoms with E-state index in [1.165, 1.54) is 15.8 Å². The molecule has 0 spiro atoms. The van der Waals surface area contributed by atoms with Crippen LogP contribution in [0.5, 0.6) is 0 Å². The van der Waals surface area contributed by atoms with E-state index >= 15 is 0 Å². The molecule has 1 aliphatic carbocycles. The molecule has 1 aliphatic rings. The second-order valence-corrected chi connectivity index (χ2v) is 8.95. The summed E-state index contributed by atoms with van der Waals surface area (Å²) in [6.07, 6.45) is 0.592. The Balaban J connectivity index is 1.49. The second-order valence-electron chi connectivity index (χ2n) is 8.95. The van der Waals surface area contributed by atoms with Gasteiger partial charge in [0.1, 0.15) is 24.5 Å². The molecule has 3 aromatic rings. The number of nitrogens with one attached hydrogen (secondary N) is 1. The Morgan fingerprint density at radius 1 is 1.09 bits per heavy atom. The molecule has 2 amide bonds. The maximum Gasteiger partial charge on any atom is 0.412 e. The fourth-order valence-corrected chi connectivity index (χ4v) is 4.47. The maximum atomic E-state index is 13.1. The van der Waals surface area contributed by atoms with Crippen molar-refractivity contribution in [1.29, 1.82) is 0 Å². The lowest BCUT2D eigenvalue weighted by molar-refractivity contribution is -0.137. The number of ether oxygens (including phenoxy) is 1. The van der Waals surface area contributed by atoms with Crippen LogP contribution in [0.25, 0.3) is 11.1 Å². The normalized spacial score (nSPS) is 12.2. The van der Waals surface area contributed by atoms with Crippen LogP contribution in [0.15, 0.2) is 54.7 Å². The minimum atomic E-state index is -1.12. The van der Waals surface area contributed by atoms with Crippen LogP contribution in [0.3, 0.4) is 0 Å². The van der Waals surface area contributed by atoms with Crippen molar-refractivity contribution in [3.63, 3.8) is 0 Å². The Morgan fingerprint density at radius 2 is 1.69 bits per heavy atom. The number of nitrogens with zero attached hydrogens (tertiary/aromatic N) is 3. The molecule has 9 heteroatoms. The van der Waals surface area contributed by atoms with Gasteiger partial charge in [0.15, 0.2) is 0 Å². The van der Waals surface area contributed by atoms with E-state index in [1.807, 2.05) is 50.2 Å². The van der Waals surface area contributed by atoms with E-state index in [-0.39, 0.29) is 36.4 Å². The molecule has 0 radical (unpaired) electrons. The minimum Gasteiger partial charge on any atom is -0.480 e. The molecule has 2 N–H and O–H groups in total. The number of aliphatic carboxylic acids is 1. The van der Waals surface area contributed by atoms with Crippen LogP contribution in [0.2, 0.25) is 0 Å². The van der Waals surface area contributed by atoms with Crippen LogP contribution in [-0.4, -0.2) is 57.5 Å². The predicted octanol–water partition coefficient (Wildman–Crippen LogP) is 3.96. The van der Waals surface area contributed by atoms with Crippen molar-refractivity contribution in [2.24, 2.45) is 13.0 Å². The number of benzene rings is 2. The first-order valence-corrected chi connectivity index (χ1v) is 11.4. The van der Waals surface area contributed by atoms with Crippen molar-refractivity contribution in [2.45, 2.75) is 19.8 Å². The fraction of sp³-hybridized carbons (Fsp3) is 0.308. The van der Waals surface area contributed by atoms with E-state index in [1.54, 1.807) is 7.05 Å². The van der Waals surface area contributed by atoms with Crippen molar-refractivity contribution < 1.29 is 24.2 Å². The molecule has 0 aliphatic heterocycles. The zero-order valence-electron chi connectivity index (χ0n) is 19.9. The third-order valence-electron chi connectivity index (χ3n) is 5.93. The van der Waals surface area contributed by atoms with Crippen LogP contribution in [0.4, 0.5) is 10.6 Å². The summed E-state index contributed by atoms with van der Waals surface area (Å²) in [7, 11) is 1.58. The standard InChI is InChI=1S/C26H28N4O5/c1-16(2)13-30(14-23(31)32)25(33)21-12-27-29(3)24(21)28-26(34)35-15-22-19-10-6-4-8-17(19)18-9-5-7-11-20(18)22/h4-12,16,22H,13-15H2,1-3H3,(H,28,34)(H,31,32). The lowest BCUT2D eigenvalue weighted by atomic mass is 9.98. The molecule has 9 nitrogen and oxygen atoms in total. The Kier molecular flexibility index (Phi) is 6.86. The fourth-order valence-electron chi connectivity index (χ4n) is 4.47. The van der Waals surface area contributed by atoms with Gasteiger partial charge in [0.05, 0.1) is 6.20 Å². The molecule has 4 rings (SSSR count). The molecule has 0 unspecified atom stereocenters. The van der Waals surface area contributed by atoms with Crippen LogP contribution in [0, 0.1) is 5.92 Å². The number of hydrogen-bond donors (Lipinski definition) is 2. The Labute approximate surface area is 203 Å². The number of fused-ring (bicyclic) bond motifs is 3. The van der Waals surface area contributed by atoms with Crippen molar-refractivity contribution in [1.82, 2.24) is 14.7 Å². The number of anilines is 1. The van der Waals surface area contributed by atoms with Gasteiger partial charge in [-0.15, -0.1) is 0 Å². The number of aryl methyl sites for hydroxylation is 1. The van der Waals surface area contributed by atoms with Gasteiger partial charge in [-0.25, -0.2) is 4.79 Å². The molecule has 0 atom stereocenters. The number of aromatic nitrogens is 2. The Morgan fingerprint density at radius 3 is 2.26 bits per heavy atom. The number of carbonyl (C=O) groups is 3. The van der Waals surface area contributed by atoms with Crippen molar-refractivity contribution >= 4 is 23.8 Å². The summed E-state index contributed by atoms with van der Waals surface area (Å²) in [5, 5.41) is 15.9. The highest BCUT2D eigenvalue weighted by atomic mass is 16.5. The highest BCUT2D eigenvalue weighted by molar-refractivity contribution is 6.02. The topological polar surface area (TPSA) is 114 Å². The molecule has 35 heavy (non-hydrogen) atoms. The number of rotatable bonds is 8. The molecular weight excluding hydrogens is 448 g/mol. The first kappa shape index (κ1) is 24.0. The molecular formula is C26H28N4O5. The van der Waals surface area contributed by atoms with Crippen molar-refractivity contribution in [3.8, 4) is 11.1 Å². The van der Waals surface area contributed by atoms with Gasteiger partial charge in [-0.2, -0.15) is 5.10 Å². The van der Waals surface area contributed by atoms with E-state index in [9.17, 15) is 19.5 Å². The van der Waals surface area contributed by atoms with E-state index in [2.05, 4.69) is 22.5 Å². The third-order valence-corrected chi connectivity index (χ3v) is 5.93. The van der Waals surface area contributed by atoms with Gasteiger partial charge in [0, 0.05) is 19.5 Å².